The molecule has 0 saturated carbocycles. The van der Waals surface area contributed by atoms with Gasteiger partial charge in [-0.25, -0.2) is 10.3 Å². The fourth-order valence-corrected chi connectivity index (χ4v) is 4.15. The molecule has 0 aromatic heterocycles. The van der Waals surface area contributed by atoms with Crippen LogP contribution in [0, 0.1) is 0 Å². The third-order valence-electron chi connectivity index (χ3n) is 5.59. The quantitative estimate of drug-likeness (QED) is 0.431. The van der Waals surface area contributed by atoms with Gasteiger partial charge in [0.2, 0.25) is 6.79 Å². The van der Waals surface area contributed by atoms with Crippen LogP contribution in [0.4, 0.5) is 16.2 Å². The molecular formula is C23H20N4O5. The van der Waals surface area contributed by atoms with E-state index in [2.05, 4.69) is 4.90 Å². The number of anilines is 2. The first kappa shape index (κ1) is 19.7. The van der Waals surface area contributed by atoms with Crippen LogP contribution >= 0.6 is 0 Å². The van der Waals surface area contributed by atoms with E-state index in [1.54, 1.807) is 34.6 Å². The summed E-state index contributed by atoms with van der Waals surface area (Å²) in [5, 5.41) is 8.83. The number of fused-ring (bicyclic) bond motifs is 2. The molecule has 1 atom stereocenters. The molecule has 0 spiro atoms. The van der Waals surface area contributed by atoms with Crippen molar-refractivity contribution < 1.29 is 24.3 Å². The van der Waals surface area contributed by atoms with Gasteiger partial charge in [0.05, 0.1) is 11.4 Å². The van der Waals surface area contributed by atoms with Gasteiger partial charge >= 0.3 is 6.03 Å². The van der Waals surface area contributed by atoms with Crippen molar-refractivity contribution in [1.29, 1.82) is 0 Å². The number of urea groups is 1. The molecule has 9 nitrogen and oxygen atoms in total. The molecule has 4 N–H and O–H groups in total. The molecule has 3 aromatic rings. The molecule has 0 aliphatic carbocycles. The van der Waals surface area contributed by atoms with Crippen LogP contribution in [-0.2, 0) is 6.54 Å². The minimum atomic E-state index is -0.582. The average Bonchev–Trinajstić information content (AvgIpc) is 3.41. The van der Waals surface area contributed by atoms with E-state index in [9.17, 15) is 9.59 Å². The summed E-state index contributed by atoms with van der Waals surface area (Å²) in [5.41, 5.74) is 11.1. The molecule has 1 unspecified atom stereocenters. The van der Waals surface area contributed by atoms with Crippen LogP contribution in [0.3, 0.4) is 0 Å². The maximum Gasteiger partial charge on any atom is 0.321 e. The van der Waals surface area contributed by atoms with E-state index in [0.29, 0.717) is 29.3 Å². The predicted octanol–water partition coefficient (Wildman–Crippen LogP) is 3.14. The molecule has 9 heteroatoms. The Morgan fingerprint density at radius 2 is 1.72 bits per heavy atom. The Morgan fingerprint density at radius 3 is 2.44 bits per heavy atom. The van der Waals surface area contributed by atoms with Crippen molar-refractivity contribution in [3.63, 3.8) is 0 Å². The summed E-state index contributed by atoms with van der Waals surface area (Å²) in [4.78, 5) is 27.8. The second kappa shape index (κ2) is 7.78. The zero-order chi connectivity index (χ0) is 22.2. The highest BCUT2D eigenvalue weighted by atomic mass is 16.7. The summed E-state index contributed by atoms with van der Waals surface area (Å²) >= 11 is 0. The number of benzene rings is 3. The van der Waals surface area contributed by atoms with Crippen molar-refractivity contribution in [3.8, 4) is 11.5 Å². The van der Waals surface area contributed by atoms with Gasteiger partial charge in [-0.2, -0.15) is 0 Å². The normalized spacial score (nSPS) is 16.1. The number of rotatable bonds is 4. The molecule has 3 amide bonds. The first-order valence-corrected chi connectivity index (χ1v) is 9.94. The maximum atomic E-state index is 12.5. The van der Waals surface area contributed by atoms with Gasteiger partial charge in [0, 0.05) is 12.1 Å². The lowest BCUT2D eigenvalue weighted by Gasteiger charge is -2.31. The monoisotopic (exact) mass is 432 g/mol. The molecular weight excluding hydrogens is 412 g/mol. The maximum absolute atomic E-state index is 12.5. The van der Waals surface area contributed by atoms with Crippen molar-refractivity contribution >= 4 is 23.3 Å². The SMILES string of the molecule is NC(=O)N1c2ccccc2N(Cc2ccc(C(=O)NO)cc2)C1c1ccc2c(c1)OCO2. The second-order valence-electron chi connectivity index (χ2n) is 7.45. The number of carbonyl (C=O) groups is 2. The second-order valence-corrected chi connectivity index (χ2v) is 7.45. The number of ether oxygens (including phenoxy) is 2. The van der Waals surface area contributed by atoms with Crippen LogP contribution in [0.15, 0.2) is 66.7 Å². The van der Waals surface area contributed by atoms with E-state index in [0.717, 1.165) is 16.8 Å². The van der Waals surface area contributed by atoms with Crippen molar-refractivity contribution in [3.05, 3.63) is 83.4 Å². The van der Waals surface area contributed by atoms with E-state index >= 15 is 0 Å². The summed E-state index contributed by atoms with van der Waals surface area (Å²) in [7, 11) is 0. The number of carbonyl (C=O) groups excluding carboxylic acids is 2. The topological polar surface area (TPSA) is 117 Å². The number of para-hydroxylation sites is 2. The number of nitrogens with zero attached hydrogens (tertiary/aromatic N) is 2. The molecule has 32 heavy (non-hydrogen) atoms. The molecule has 0 saturated heterocycles. The Kier molecular flexibility index (Phi) is 4.79. The van der Waals surface area contributed by atoms with Crippen molar-refractivity contribution in [2.24, 2.45) is 5.73 Å². The molecule has 2 aliphatic rings. The highest BCUT2D eigenvalue weighted by molar-refractivity contribution is 5.99. The summed E-state index contributed by atoms with van der Waals surface area (Å²) in [6.45, 7) is 0.599. The highest BCUT2D eigenvalue weighted by Crippen LogP contribution is 2.48. The van der Waals surface area contributed by atoms with Gasteiger partial charge in [-0.15, -0.1) is 0 Å². The summed E-state index contributed by atoms with van der Waals surface area (Å²) in [5.74, 6) is 0.683. The van der Waals surface area contributed by atoms with Gasteiger partial charge in [-0.3, -0.25) is 14.9 Å². The first-order chi connectivity index (χ1) is 15.6. The van der Waals surface area contributed by atoms with Gasteiger partial charge in [0.1, 0.15) is 6.17 Å². The van der Waals surface area contributed by atoms with E-state index in [1.807, 2.05) is 42.5 Å². The molecule has 0 bridgehead atoms. The lowest BCUT2D eigenvalue weighted by atomic mass is 10.1. The molecule has 0 radical (unpaired) electrons. The van der Waals surface area contributed by atoms with Crippen molar-refractivity contribution in [1.82, 2.24) is 5.48 Å². The molecule has 5 rings (SSSR count). The Bertz CT molecular complexity index is 1200. The average molecular weight is 432 g/mol. The van der Waals surface area contributed by atoms with E-state index in [4.69, 9.17) is 20.4 Å². The minimum Gasteiger partial charge on any atom is -0.454 e. The van der Waals surface area contributed by atoms with E-state index in [-0.39, 0.29) is 6.79 Å². The van der Waals surface area contributed by atoms with Crippen LogP contribution < -0.4 is 30.5 Å². The zero-order valence-electron chi connectivity index (χ0n) is 16.9. The zero-order valence-corrected chi connectivity index (χ0v) is 16.9. The third-order valence-corrected chi connectivity index (χ3v) is 5.59. The fourth-order valence-electron chi connectivity index (χ4n) is 4.15. The van der Waals surface area contributed by atoms with E-state index < -0.39 is 18.1 Å². The van der Waals surface area contributed by atoms with Gasteiger partial charge in [0.25, 0.3) is 5.91 Å². The van der Waals surface area contributed by atoms with Crippen LogP contribution in [0.1, 0.15) is 27.7 Å². The van der Waals surface area contributed by atoms with Crippen LogP contribution in [0.25, 0.3) is 0 Å². The van der Waals surface area contributed by atoms with Gasteiger partial charge in [-0.05, 0) is 47.5 Å². The van der Waals surface area contributed by atoms with Crippen LogP contribution in [-0.4, -0.2) is 23.9 Å². The Labute approximate surface area is 183 Å². The fraction of sp³-hybridized carbons (Fsp3) is 0.130. The summed E-state index contributed by atoms with van der Waals surface area (Å²) in [6.07, 6.45) is -0.500. The molecule has 0 fully saturated rings. The lowest BCUT2D eigenvalue weighted by Crippen LogP contribution is -2.42. The predicted molar refractivity (Wildman–Crippen MR) is 116 cm³/mol. The Balaban J connectivity index is 1.56. The standard InChI is InChI=1S/C23H20N4O5/c24-23(29)27-18-4-2-1-3-17(18)26(12-14-5-7-15(8-6-14)21(28)25-30)22(27)16-9-10-19-20(11-16)32-13-31-19/h1-11,22,30H,12-13H2,(H2,24,29)(H,25,28). The molecule has 162 valence electrons. The molecule has 2 heterocycles. The largest absolute Gasteiger partial charge is 0.454 e. The number of hydroxylamine groups is 1. The van der Waals surface area contributed by atoms with Crippen LogP contribution in [0.2, 0.25) is 0 Å². The smallest absolute Gasteiger partial charge is 0.321 e. The van der Waals surface area contributed by atoms with Gasteiger partial charge in [-0.1, -0.05) is 30.3 Å². The van der Waals surface area contributed by atoms with Crippen LogP contribution in [0.5, 0.6) is 11.5 Å². The third kappa shape index (κ3) is 3.25. The number of hydrogen-bond donors (Lipinski definition) is 3. The highest BCUT2D eigenvalue weighted by Gasteiger charge is 2.40. The van der Waals surface area contributed by atoms with Gasteiger partial charge in [0.15, 0.2) is 11.5 Å². The summed E-state index contributed by atoms with van der Waals surface area (Å²) < 4.78 is 11.0. The van der Waals surface area contributed by atoms with Crippen molar-refractivity contribution in [2.45, 2.75) is 12.7 Å². The van der Waals surface area contributed by atoms with E-state index in [1.165, 1.54) is 0 Å². The van der Waals surface area contributed by atoms with Gasteiger partial charge < -0.3 is 20.1 Å². The Morgan fingerprint density at radius 1 is 1.00 bits per heavy atom. The number of nitrogens with two attached hydrogens (primary N) is 1. The summed E-state index contributed by atoms with van der Waals surface area (Å²) in [6, 6.07) is 19.4. The lowest BCUT2D eigenvalue weighted by molar-refractivity contribution is 0.0706. The first-order valence-electron chi connectivity index (χ1n) is 9.94. The number of nitrogens with one attached hydrogen (secondary N) is 1. The molecule has 3 aromatic carbocycles. The minimum absolute atomic E-state index is 0.153. The number of hydrogen-bond acceptors (Lipinski definition) is 6. The number of primary amides is 1. The number of amides is 3. The molecule has 2 aliphatic heterocycles. The Hall–Kier alpha value is -4.24. The van der Waals surface area contributed by atoms with Crippen molar-refractivity contribution in [2.75, 3.05) is 16.6 Å².